The number of nitrogens with one attached hydrogen (secondary N) is 1. The van der Waals surface area contributed by atoms with Gasteiger partial charge in [0, 0.05) is 18.9 Å². The molecule has 4 fully saturated rings. The summed E-state index contributed by atoms with van der Waals surface area (Å²) < 4.78 is 0. The molecule has 3 atom stereocenters. The topological polar surface area (TPSA) is 49.3 Å². The first-order chi connectivity index (χ1) is 10.6. The van der Waals surface area contributed by atoms with E-state index < -0.39 is 0 Å². The van der Waals surface area contributed by atoms with Crippen LogP contribution in [0.5, 0.6) is 0 Å². The zero-order valence-corrected chi connectivity index (χ0v) is 13.2. The number of hydrogen-bond donors (Lipinski definition) is 2. The molecule has 0 heterocycles. The summed E-state index contributed by atoms with van der Waals surface area (Å²) in [5, 5.41) is 13.2. The predicted molar refractivity (Wildman–Crippen MR) is 85.3 cm³/mol. The van der Waals surface area contributed by atoms with E-state index in [-0.39, 0.29) is 22.8 Å². The zero-order valence-electron chi connectivity index (χ0n) is 13.2. The van der Waals surface area contributed by atoms with Crippen molar-refractivity contribution in [1.82, 2.24) is 5.32 Å². The maximum atomic E-state index is 12.3. The van der Waals surface area contributed by atoms with Crippen molar-refractivity contribution in [1.29, 1.82) is 0 Å². The van der Waals surface area contributed by atoms with Gasteiger partial charge in [0.05, 0.1) is 6.10 Å². The Bertz CT molecular complexity index is 578. The lowest BCUT2D eigenvalue weighted by molar-refractivity contribution is -0.197. The van der Waals surface area contributed by atoms with Crippen molar-refractivity contribution in [2.24, 2.45) is 17.3 Å². The van der Waals surface area contributed by atoms with E-state index in [0.717, 1.165) is 32.1 Å². The van der Waals surface area contributed by atoms with Crippen LogP contribution in [0.3, 0.4) is 0 Å². The molecule has 22 heavy (non-hydrogen) atoms. The minimum absolute atomic E-state index is 0.0402. The lowest BCUT2D eigenvalue weighted by Crippen LogP contribution is -2.65. The third-order valence-corrected chi connectivity index (χ3v) is 6.95. The summed E-state index contributed by atoms with van der Waals surface area (Å²) in [6.45, 7) is 0. The number of rotatable bonds is 3. The lowest BCUT2D eigenvalue weighted by Gasteiger charge is -2.69. The molecule has 0 radical (unpaired) electrons. The monoisotopic (exact) mass is 299 g/mol. The molecule has 4 aliphatic carbocycles. The van der Waals surface area contributed by atoms with Crippen molar-refractivity contribution in [3.05, 3.63) is 35.9 Å². The number of aliphatic hydroxyl groups excluding tert-OH is 1. The van der Waals surface area contributed by atoms with Gasteiger partial charge in [-0.3, -0.25) is 4.79 Å². The van der Waals surface area contributed by atoms with Crippen LogP contribution in [0.15, 0.2) is 30.3 Å². The third-order valence-electron chi connectivity index (χ3n) is 6.95. The number of amides is 1. The van der Waals surface area contributed by atoms with Crippen LogP contribution in [-0.2, 0) is 10.2 Å². The number of hydrogen-bond acceptors (Lipinski definition) is 2. The Kier molecular flexibility index (Phi) is 3.12. The molecule has 4 saturated carbocycles. The first-order valence-corrected chi connectivity index (χ1v) is 8.54. The Morgan fingerprint density at radius 2 is 1.91 bits per heavy atom. The highest BCUT2D eigenvalue weighted by atomic mass is 16.3. The van der Waals surface area contributed by atoms with E-state index >= 15 is 0 Å². The molecule has 1 amide bonds. The summed E-state index contributed by atoms with van der Waals surface area (Å²) in [6, 6.07) is 10.6. The number of carbonyl (C=O) groups is 1. The molecule has 3 heteroatoms. The highest BCUT2D eigenvalue weighted by Gasteiger charge is 2.66. The Morgan fingerprint density at radius 1 is 1.23 bits per heavy atom. The maximum absolute atomic E-state index is 12.3. The fourth-order valence-electron chi connectivity index (χ4n) is 5.86. The van der Waals surface area contributed by atoms with Crippen molar-refractivity contribution in [2.75, 3.05) is 7.05 Å². The van der Waals surface area contributed by atoms with Gasteiger partial charge in [0.2, 0.25) is 5.91 Å². The largest absolute Gasteiger partial charge is 0.393 e. The predicted octanol–water partition coefficient (Wildman–Crippen LogP) is 2.63. The highest BCUT2D eigenvalue weighted by molar-refractivity contribution is 5.77. The van der Waals surface area contributed by atoms with Crippen LogP contribution in [0.4, 0.5) is 0 Å². The fraction of sp³-hybridized carbons (Fsp3) is 0.632. The molecule has 3 bridgehead atoms. The van der Waals surface area contributed by atoms with Crippen molar-refractivity contribution in [2.45, 2.75) is 50.0 Å². The molecule has 0 aliphatic heterocycles. The minimum atomic E-state index is -0.101. The van der Waals surface area contributed by atoms with E-state index in [0.29, 0.717) is 18.3 Å². The van der Waals surface area contributed by atoms with Crippen LogP contribution in [-0.4, -0.2) is 24.2 Å². The quantitative estimate of drug-likeness (QED) is 0.901. The molecule has 1 spiro atoms. The second kappa shape index (κ2) is 4.82. The van der Waals surface area contributed by atoms with Crippen LogP contribution in [0.2, 0.25) is 0 Å². The molecule has 1 aromatic carbocycles. The Balaban J connectivity index is 1.78. The maximum Gasteiger partial charge on any atom is 0.220 e. The van der Waals surface area contributed by atoms with Gasteiger partial charge < -0.3 is 10.4 Å². The first-order valence-electron chi connectivity index (χ1n) is 8.54. The van der Waals surface area contributed by atoms with Crippen molar-refractivity contribution in [3.8, 4) is 0 Å². The Hall–Kier alpha value is -1.35. The normalized spacial score (nSPS) is 42.4. The average molecular weight is 299 g/mol. The number of aliphatic hydroxyl groups is 1. The highest BCUT2D eigenvalue weighted by Crippen LogP contribution is 2.71. The molecule has 4 aliphatic rings. The first kappa shape index (κ1) is 14.3. The summed E-state index contributed by atoms with van der Waals surface area (Å²) in [4.78, 5) is 12.3. The van der Waals surface area contributed by atoms with Crippen molar-refractivity contribution < 1.29 is 9.90 Å². The third kappa shape index (κ3) is 1.75. The molecule has 0 saturated heterocycles. The second-order valence-corrected chi connectivity index (χ2v) is 7.74. The van der Waals surface area contributed by atoms with E-state index in [1.165, 1.54) is 5.56 Å². The van der Waals surface area contributed by atoms with Gasteiger partial charge in [-0.05, 0) is 54.9 Å². The fourth-order valence-corrected chi connectivity index (χ4v) is 5.86. The van der Waals surface area contributed by atoms with Crippen LogP contribution in [0.25, 0.3) is 0 Å². The smallest absolute Gasteiger partial charge is 0.220 e. The summed E-state index contributed by atoms with van der Waals surface area (Å²) in [5.41, 5.74) is 1.52. The summed E-state index contributed by atoms with van der Waals surface area (Å²) in [7, 11) is 1.73. The zero-order chi connectivity index (χ0) is 15.4. The van der Waals surface area contributed by atoms with Crippen LogP contribution in [0, 0.1) is 17.3 Å². The molecule has 118 valence electrons. The van der Waals surface area contributed by atoms with Gasteiger partial charge in [-0.15, -0.1) is 0 Å². The van der Waals surface area contributed by atoms with Gasteiger partial charge in [-0.1, -0.05) is 30.3 Å². The van der Waals surface area contributed by atoms with E-state index in [4.69, 9.17) is 0 Å². The summed E-state index contributed by atoms with van der Waals surface area (Å²) in [6.07, 6.45) is 5.84. The standard InChI is InChI=1S/C19H25NO2/c1-20-16(21)12-19(15-5-3-2-4-6-15)8-7-13-9-18(19)10-14(11-18)17(13)22/h2-6,13-14,17,22H,7-12H2,1H3,(H,20,21). The van der Waals surface area contributed by atoms with E-state index in [9.17, 15) is 9.90 Å². The molecule has 2 N–H and O–H groups in total. The van der Waals surface area contributed by atoms with Crippen LogP contribution >= 0.6 is 0 Å². The van der Waals surface area contributed by atoms with Crippen LogP contribution in [0.1, 0.15) is 44.1 Å². The van der Waals surface area contributed by atoms with E-state index in [2.05, 4.69) is 35.6 Å². The van der Waals surface area contributed by atoms with Gasteiger partial charge >= 0.3 is 0 Å². The Labute approximate surface area is 132 Å². The van der Waals surface area contributed by atoms with Crippen LogP contribution < -0.4 is 5.32 Å². The van der Waals surface area contributed by atoms with Gasteiger partial charge in [-0.2, -0.15) is 0 Å². The SMILES string of the molecule is CNC(=O)CC1(c2ccccc2)CCC2CC13CC(C3)C2O. The summed E-state index contributed by atoms with van der Waals surface area (Å²) in [5.74, 6) is 1.06. The summed E-state index contributed by atoms with van der Waals surface area (Å²) >= 11 is 0. The van der Waals surface area contributed by atoms with Gasteiger partial charge in [0.1, 0.15) is 0 Å². The molecule has 3 unspecified atom stereocenters. The lowest BCUT2D eigenvalue weighted by atomic mass is 9.36. The van der Waals surface area contributed by atoms with Gasteiger partial charge in [0.15, 0.2) is 0 Å². The Morgan fingerprint density at radius 3 is 2.59 bits per heavy atom. The van der Waals surface area contributed by atoms with E-state index in [1.807, 2.05) is 0 Å². The van der Waals surface area contributed by atoms with Crippen molar-refractivity contribution in [3.63, 3.8) is 0 Å². The average Bonchev–Trinajstić information content (AvgIpc) is 2.52. The van der Waals surface area contributed by atoms with Gasteiger partial charge in [-0.25, -0.2) is 0 Å². The second-order valence-electron chi connectivity index (χ2n) is 7.74. The van der Waals surface area contributed by atoms with Crippen molar-refractivity contribution >= 4 is 5.91 Å². The molecular weight excluding hydrogens is 274 g/mol. The molecule has 3 nitrogen and oxygen atoms in total. The molecule has 0 aromatic heterocycles. The molecular formula is C19H25NO2. The number of carbonyl (C=O) groups excluding carboxylic acids is 1. The minimum Gasteiger partial charge on any atom is -0.393 e. The van der Waals surface area contributed by atoms with Gasteiger partial charge in [0.25, 0.3) is 0 Å². The van der Waals surface area contributed by atoms with E-state index in [1.54, 1.807) is 7.05 Å². The number of benzene rings is 1. The molecule has 1 aromatic rings. The molecule has 5 rings (SSSR count).